The van der Waals surface area contributed by atoms with E-state index in [1.807, 2.05) is 0 Å². The highest BCUT2D eigenvalue weighted by atomic mass is 16.6. The molecule has 0 unspecified atom stereocenters. The zero-order chi connectivity index (χ0) is 50.5. The fourth-order valence-corrected chi connectivity index (χ4v) is 9.71. The molecule has 0 aromatic heterocycles. The molecular formula is C63H122O6. The van der Waals surface area contributed by atoms with Crippen LogP contribution in [0.1, 0.15) is 350 Å². The summed E-state index contributed by atoms with van der Waals surface area (Å²) < 4.78 is 16.9. The molecule has 6 heteroatoms. The molecule has 410 valence electrons. The predicted octanol–water partition coefficient (Wildman–Crippen LogP) is 20.7. The third-order valence-electron chi connectivity index (χ3n) is 14.4. The maximum atomic E-state index is 12.9. The van der Waals surface area contributed by atoms with Gasteiger partial charge in [-0.2, -0.15) is 0 Å². The maximum Gasteiger partial charge on any atom is 0.306 e. The lowest BCUT2D eigenvalue weighted by Gasteiger charge is -2.18. The lowest BCUT2D eigenvalue weighted by Crippen LogP contribution is -2.30. The van der Waals surface area contributed by atoms with Gasteiger partial charge < -0.3 is 14.2 Å². The summed E-state index contributed by atoms with van der Waals surface area (Å²) in [5, 5.41) is 0. The Morgan fingerprint density at radius 3 is 0.623 bits per heavy atom. The molecule has 0 spiro atoms. The van der Waals surface area contributed by atoms with Gasteiger partial charge in [-0.05, 0) is 37.0 Å². The van der Waals surface area contributed by atoms with Gasteiger partial charge in [-0.15, -0.1) is 0 Å². The Kier molecular flexibility index (Phi) is 52.9. The Labute approximate surface area is 431 Å². The summed E-state index contributed by atoms with van der Waals surface area (Å²) >= 11 is 0. The zero-order valence-corrected chi connectivity index (χ0v) is 47.6. The summed E-state index contributed by atoms with van der Waals surface area (Å²) in [6.45, 7) is 13.8. The van der Waals surface area contributed by atoms with E-state index >= 15 is 0 Å². The van der Waals surface area contributed by atoms with Crippen molar-refractivity contribution in [1.82, 2.24) is 0 Å². The lowest BCUT2D eigenvalue weighted by atomic mass is 10.0. The van der Waals surface area contributed by atoms with Crippen LogP contribution in [0.5, 0.6) is 0 Å². The number of carbonyl (C=O) groups excluding carboxylic acids is 3. The van der Waals surface area contributed by atoms with E-state index in [0.717, 1.165) is 75.5 Å². The molecule has 0 bridgehead atoms. The Morgan fingerprint density at radius 2 is 0.420 bits per heavy atom. The normalized spacial score (nSPS) is 12.1. The first kappa shape index (κ1) is 67.4. The molecule has 0 aromatic rings. The van der Waals surface area contributed by atoms with Crippen LogP contribution in [0.2, 0.25) is 0 Å². The van der Waals surface area contributed by atoms with E-state index in [2.05, 4.69) is 41.5 Å². The number of hydrogen-bond donors (Lipinski definition) is 0. The minimum Gasteiger partial charge on any atom is -0.462 e. The standard InChI is InChI=1S/C63H122O6/c1-57(2)49-43-37-31-25-19-14-11-9-7-8-10-12-16-22-28-34-40-46-52-61(64)67-55-60(56-68-62(65)53-47-41-35-29-24-18-21-27-33-39-45-51-59(5)6)69-63(66)54-48-42-36-30-23-17-13-15-20-26-32-38-44-50-58(3)4/h57-60H,7-56H2,1-6H3/t60-/m1/s1. The molecule has 0 radical (unpaired) electrons. The summed E-state index contributed by atoms with van der Waals surface area (Å²) in [6, 6.07) is 0. The first-order valence-electron chi connectivity index (χ1n) is 31.1. The van der Waals surface area contributed by atoms with Crippen molar-refractivity contribution in [2.24, 2.45) is 17.8 Å². The van der Waals surface area contributed by atoms with E-state index in [9.17, 15) is 14.4 Å². The molecule has 0 N–H and O–H groups in total. The van der Waals surface area contributed by atoms with Gasteiger partial charge >= 0.3 is 17.9 Å². The molecule has 0 saturated carbocycles. The average molecular weight is 976 g/mol. The first-order chi connectivity index (χ1) is 33.6. The van der Waals surface area contributed by atoms with Crippen LogP contribution in [0.4, 0.5) is 0 Å². The Morgan fingerprint density at radius 1 is 0.246 bits per heavy atom. The fraction of sp³-hybridized carbons (Fsp3) is 0.952. The van der Waals surface area contributed by atoms with Crippen molar-refractivity contribution in [3.63, 3.8) is 0 Å². The Hall–Kier alpha value is -1.59. The predicted molar refractivity (Wildman–Crippen MR) is 298 cm³/mol. The molecule has 0 aliphatic carbocycles. The molecule has 0 saturated heterocycles. The van der Waals surface area contributed by atoms with Crippen LogP contribution in [0.25, 0.3) is 0 Å². The van der Waals surface area contributed by atoms with Gasteiger partial charge in [0.1, 0.15) is 13.2 Å². The van der Waals surface area contributed by atoms with Crippen molar-refractivity contribution in [3.8, 4) is 0 Å². The van der Waals surface area contributed by atoms with Crippen molar-refractivity contribution >= 4 is 17.9 Å². The quantitative estimate of drug-likeness (QED) is 0.0343. The minimum atomic E-state index is -0.764. The summed E-state index contributed by atoms with van der Waals surface area (Å²) in [6.07, 6.45) is 58.2. The molecule has 0 fully saturated rings. The van der Waals surface area contributed by atoms with E-state index in [1.54, 1.807) is 0 Å². The summed E-state index contributed by atoms with van der Waals surface area (Å²) in [5.41, 5.74) is 0. The third kappa shape index (κ3) is 57.2. The highest BCUT2D eigenvalue weighted by Gasteiger charge is 2.19. The average Bonchev–Trinajstić information content (AvgIpc) is 3.31. The Balaban J connectivity index is 4.26. The van der Waals surface area contributed by atoms with Crippen molar-refractivity contribution in [2.45, 2.75) is 356 Å². The summed E-state index contributed by atoms with van der Waals surface area (Å²) in [7, 11) is 0. The smallest absolute Gasteiger partial charge is 0.306 e. The van der Waals surface area contributed by atoms with Gasteiger partial charge in [-0.1, -0.05) is 311 Å². The van der Waals surface area contributed by atoms with Crippen molar-refractivity contribution in [3.05, 3.63) is 0 Å². The minimum absolute atomic E-state index is 0.0629. The number of ether oxygens (including phenoxy) is 3. The van der Waals surface area contributed by atoms with Gasteiger partial charge in [0.15, 0.2) is 6.10 Å². The molecule has 0 rings (SSSR count). The second kappa shape index (κ2) is 54.2. The highest BCUT2D eigenvalue weighted by molar-refractivity contribution is 5.71. The van der Waals surface area contributed by atoms with Crippen LogP contribution in [-0.2, 0) is 28.6 Å². The van der Waals surface area contributed by atoms with E-state index in [1.165, 1.54) is 231 Å². The summed E-state index contributed by atoms with van der Waals surface area (Å²) in [5.74, 6) is 1.69. The van der Waals surface area contributed by atoms with Gasteiger partial charge in [0.05, 0.1) is 0 Å². The third-order valence-corrected chi connectivity index (χ3v) is 14.4. The topological polar surface area (TPSA) is 78.9 Å². The van der Waals surface area contributed by atoms with Crippen LogP contribution in [-0.4, -0.2) is 37.2 Å². The second-order valence-corrected chi connectivity index (χ2v) is 23.1. The molecule has 6 nitrogen and oxygen atoms in total. The van der Waals surface area contributed by atoms with Gasteiger partial charge in [-0.25, -0.2) is 0 Å². The molecular weight excluding hydrogens is 853 g/mol. The van der Waals surface area contributed by atoms with Gasteiger partial charge in [0.2, 0.25) is 0 Å². The number of unbranched alkanes of at least 4 members (excludes halogenated alkanes) is 39. The van der Waals surface area contributed by atoms with Crippen molar-refractivity contribution in [1.29, 1.82) is 0 Å². The Bertz CT molecular complexity index is 1070. The SMILES string of the molecule is CC(C)CCCCCCCCCCCCCCCCCCCCC(=O)OC[C@H](COC(=O)CCCCCCCCCCCCCC(C)C)OC(=O)CCCCCCCCCCCCCCCC(C)C. The molecule has 0 amide bonds. The number of hydrogen-bond acceptors (Lipinski definition) is 6. The first-order valence-corrected chi connectivity index (χ1v) is 31.1. The van der Waals surface area contributed by atoms with Crippen LogP contribution >= 0.6 is 0 Å². The molecule has 1 atom stereocenters. The monoisotopic (exact) mass is 975 g/mol. The number of rotatable bonds is 56. The van der Waals surface area contributed by atoms with E-state index in [0.29, 0.717) is 19.3 Å². The van der Waals surface area contributed by atoms with Crippen LogP contribution in [0.15, 0.2) is 0 Å². The van der Waals surface area contributed by atoms with Crippen molar-refractivity contribution in [2.75, 3.05) is 13.2 Å². The zero-order valence-electron chi connectivity index (χ0n) is 47.6. The number of carbonyl (C=O) groups is 3. The number of esters is 3. The molecule has 0 aliphatic heterocycles. The van der Waals surface area contributed by atoms with Crippen LogP contribution in [0.3, 0.4) is 0 Å². The molecule has 0 heterocycles. The maximum absolute atomic E-state index is 12.9. The fourth-order valence-electron chi connectivity index (χ4n) is 9.71. The highest BCUT2D eigenvalue weighted by Crippen LogP contribution is 2.19. The van der Waals surface area contributed by atoms with Gasteiger partial charge in [0, 0.05) is 19.3 Å². The van der Waals surface area contributed by atoms with Crippen LogP contribution in [0, 0.1) is 17.8 Å². The van der Waals surface area contributed by atoms with E-state index in [-0.39, 0.29) is 31.1 Å². The largest absolute Gasteiger partial charge is 0.462 e. The summed E-state index contributed by atoms with van der Waals surface area (Å²) in [4.78, 5) is 38.2. The lowest BCUT2D eigenvalue weighted by molar-refractivity contribution is -0.167. The van der Waals surface area contributed by atoms with Crippen molar-refractivity contribution < 1.29 is 28.6 Å². The van der Waals surface area contributed by atoms with Gasteiger partial charge in [0.25, 0.3) is 0 Å². The second-order valence-electron chi connectivity index (χ2n) is 23.1. The molecule has 69 heavy (non-hydrogen) atoms. The van der Waals surface area contributed by atoms with E-state index < -0.39 is 6.10 Å². The van der Waals surface area contributed by atoms with E-state index in [4.69, 9.17) is 14.2 Å². The molecule has 0 aromatic carbocycles. The van der Waals surface area contributed by atoms with Crippen LogP contribution < -0.4 is 0 Å². The van der Waals surface area contributed by atoms with Gasteiger partial charge in [-0.3, -0.25) is 14.4 Å². The molecule has 0 aliphatic rings.